The molecule has 0 radical (unpaired) electrons. The Labute approximate surface area is 111 Å². The van der Waals surface area contributed by atoms with E-state index in [-0.39, 0.29) is 17.3 Å². The summed E-state index contributed by atoms with van der Waals surface area (Å²) in [6.45, 7) is 1.50. The lowest BCUT2D eigenvalue weighted by atomic mass is 10.2. The third-order valence-electron chi connectivity index (χ3n) is 3.31. The summed E-state index contributed by atoms with van der Waals surface area (Å²) in [5, 5.41) is 3.70. The first kappa shape index (κ1) is 11.7. The van der Waals surface area contributed by atoms with E-state index >= 15 is 0 Å². The van der Waals surface area contributed by atoms with Crippen LogP contribution >= 0.6 is 15.9 Å². The van der Waals surface area contributed by atoms with Gasteiger partial charge >= 0.3 is 5.69 Å². The van der Waals surface area contributed by atoms with E-state index in [0.29, 0.717) is 21.9 Å². The number of aromatic nitrogens is 2. The first-order chi connectivity index (χ1) is 8.68. The Balaban J connectivity index is 2.36. The summed E-state index contributed by atoms with van der Waals surface area (Å²) < 4.78 is 2.04. The molecule has 5 nitrogen and oxygen atoms in total. The Kier molecular flexibility index (Phi) is 2.83. The summed E-state index contributed by atoms with van der Waals surface area (Å²) in [7, 11) is 0. The van der Waals surface area contributed by atoms with Crippen LogP contribution in [0.3, 0.4) is 0 Å². The molecule has 6 heteroatoms. The van der Waals surface area contributed by atoms with Crippen molar-refractivity contribution in [2.24, 2.45) is 0 Å². The highest BCUT2D eigenvalue weighted by molar-refractivity contribution is 9.10. The van der Waals surface area contributed by atoms with Crippen molar-refractivity contribution in [3.63, 3.8) is 0 Å². The van der Waals surface area contributed by atoms with Gasteiger partial charge in [-0.3, -0.25) is 9.36 Å². The molecule has 1 saturated heterocycles. The second-order valence-electron chi connectivity index (χ2n) is 4.41. The molecule has 2 aromatic rings. The van der Waals surface area contributed by atoms with Gasteiger partial charge in [0.05, 0.1) is 16.9 Å². The first-order valence-electron chi connectivity index (χ1n) is 5.82. The molecule has 0 amide bonds. The van der Waals surface area contributed by atoms with Crippen molar-refractivity contribution in [2.45, 2.75) is 12.5 Å². The van der Waals surface area contributed by atoms with Crippen molar-refractivity contribution < 1.29 is 0 Å². The van der Waals surface area contributed by atoms with E-state index in [4.69, 9.17) is 0 Å². The molecule has 2 N–H and O–H groups in total. The lowest BCUT2D eigenvalue weighted by Gasteiger charge is -2.12. The van der Waals surface area contributed by atoms with E-state index in [1.807, 2.05) is 0 Å². The van der Waals surface area contributed by atoms with Gasteiger partial charge in [-0.1, -0.05) is 6.07 Å². The molecule has 0 saturated carbocycles. The molecule has 1 aliphatic heterocycles. The summed E-state index contributed by atoms with van der Waals surface area (Å²) in [6, 6.07) is 5.28. The van der Waals surface area contributed by atoms with Crippen LogP contribution < -0.4 is 16.6 Å². The molecule has 1 aromatic carbocycles. The topological polar surface area (TPSA) is 66.9 Å². The van der Waals surface area contributed by atoms with Gasteiger partial charge in [-0.2, -0.15) is 0 Å². The Hall–Kier alpha value is -1.40. The van der Waals surface area contributed by atoms with Crippen LogP contribution in [0.15, 0.2) is 32.3 Å². The summed E-state index contributed by atoms with van der Waals surface area (Å²) in [5.41, 5.74) is 0.0100. The number of hydrogen-bond donors (Lipinski definition) is 2. The maximum Gasteiger partial charge on any atom is 0.329 e. The molecule has 0 spiro atoms. The fraction of sp³-hybridized carbons (Fsp3) is 0.333. The van der Waals surface area contributed by atoms with Crippen molar-refractivity contribution in [2.75, 3.05) is 13.1 Å². The van der Waals surface area contributed by atoms with Gasteiger partial charge in [-0.25, -0.2) is 4.79 Å². The molecule has 2 heterocycles. The number of fused-ring (bicyclic) bond motifs is 1. The zero-order valence-electron chi connectivity index (χ0n) is 9.57. The lowest BCUT2D eigenvalue weighted by Crippen LogP contribution is -2.38. The van der Waals surface area contributed by atoms with Crippen LogP contribution in [0.4, 0.5) is 0 Å². The van der Waals surface area contributed by atoms with Gasteiger partial charge in [0.25, 0.3) is 5.56 Å². The Morgan fingerprint density at radius 3 is 2.89 bits per heavy atom. The number of nitrogens with one attached hydrogen (secondary N) is 2. The molecule has 1 unspecified atom stereocenters. The molecule has 94 valence electrons. The normalized spacial score (nSPS) is 19.5. The largest absolute Gasteiger partial charge is 0.329 e. The number of halogens is 1. The zero-order chi connectivity index (χ0) is 12.7. The van der Waals surface area contributed by atoms with Gasteiger partial charge in [-0.05, 0) is 41.0 Å². The van der Waals surface area contributed by atoms with Gasteiger partial charge in [-0.15, -0.1) is 0 Å². The maximum atomic E-state index is 12.4. The van der Waals surface area contributed by atoms with Crippen molar-refractivity contribution in [3.05, 3.63) is 43.5 Å². The zero-order valence-corrected chi connectivity index (χ0v) is 11.2. The Morgan fingerprint density at radius 1 is 1.33 bits per heavy atom. The second-order valence-corrected chi connectivity index (χ2v) is 5.27. The maximum absolute atomic E-state index is 12.4. The van der Waals surface area contributed by atoms with Gasteiger partial charge in [0.15, 0.2) is 0 Å². The van der Waals surface area contributed by atoms with E-state index in [9.17, 15) is 9.59 Å². The molecule has 3 rings (SSSR count). The standard InChI is InChI=1S/C12H12BrN3O2/c13-8-2-1-3-9-10(8)11(17)16(12(18)15-9)7-4-5-14-6-7/h1-3,7,14H,4-6H2,(H,15,18). The molecular formula is C12H12BrN3O2. The number of hydrogen-bond acceptors (Lipinski definition) is 3. The molecule has 18 heavy (non-hydrogen) atoms. The predicted octanol–water partition coefficient (Wildman–Crippen LogP) is 0.987. The number of H-pyrrole nitrogens is 1. The number of nitrogens with zero attached hydrogens (tertiary/aromatic N) is 1. The first-order valence-corrected chi connectivity index (χ1v) is 6.61. The summed E-state index contributed by atoms with van der Waals surface area (Å²) in [6.07, 6.45) is 0.805. The van der Waals surface area contributed by atoms with Gasteiger partial charge < -0.3 is 10.3 Å². The van der Waals surface area contributed by atoms with E-state index in [1.54, 1.807) is 18.2 Å². The van der Waals surface area contributed by atoms with Crippen LogP contribution in [0.1, 0.15) is 12.5 Å². The Bertz CT molecular complexity index is 713. The van der Waals surface area contributed by atoms with Crippen molar-refractivity contribution in [1.29, 1.82) is 0 Å². The SMILES string of the molecule is O=c1[nH]c2cccc(Br)c2c(=O)n1C1CCNC1. The summed E-state index contributed by atoms with van der Waals surface area (Å²) in [5.74, 6) is 0. The van der Waals surface area contributed by atoms with Gasteiger partial charge in [0.1, 0.15) is 0 Å². The van der Waals surface area contributed by atoms with Crippen molar-refractivity contribution in [1.82, 2.24) is 14.9 Å². The monoisotopic (exact) mass is 309 g/mol. The fourth-order valence-electron chi connectivity index (χ4n) is 2.43. The molecule has 0 aliphatic carbocycles. The average Bonchev–Trinajstić information content (AvgIpc) is 2.82. The van der Waals surface area contributed by atoms with Crippen molar-refractivity contribution in [3.8, 4) is 0 Å². The fourth-order valence-corrected chi connectivity index (χ4v) is 2.96. The molecule has 1 aliphatic rings. The van der Waals surface area contributed by atoms with Crippen LogP contribution in [0, 0.1) is 0 Å². The second kappa shape index (κ2) is 4.37. The number of aromatic amines is 1. The minimum atomic E-state index is -0.334. The average molecular weight is 310 g/mol. The third kappa shape index (κ3) is 1.72. The summed E-state index contributed by atoms with van der Waals surface area (Å²) in [4.78, 5) is 27.2. The highest BCUT2D eigenvalue weighted by Gasteiger charge is 2.21. The smallest absolute Gasteiger partial charge is 0.315 e. The Morgan fingerprint density at radius 2 is 2.17 bits per heavy atom. The number of benzene rings is 1. The molecule has 1 aromatic heterocycles. The van der Waals surface area contributed by atoms with Gasteiger partial charge in [0.2, 0.25) is 0 Å². The van der Waals surface area contributed by atoms with E-state index in [1.165, 1.54) is 4.57 Å². The van der Waals surface area contributed by atoms with Gasteiger partial charge in [0, 0.05) is 11.0 Å². The third-order valence-corrected chi connectivity index (χ3v) is 3.97. The highest BCUT2D eigenvalue weighted by Crippen LogP contribution is 2.19. The molecule has 1 fully saturated rings. The van der Waals surface area contributed by atoms with Crippen LogP contribution in [0.5, 0.6) is 0 Å². The molecule has 1 atom stereocenters. The molecule has 0 bridgehead atoms. The highest BCUT2D eigenvalue weighted by atomic mass is 79.9. The van der Waals surface area contributed by atoms with Crippen LogP contribution in [0.25, 0.3) is 10.9 Å². The summed E-state index contributed by atoms with van der Waals surface area (Å²) >= 11 is 3.36. The van der Waals surface area contributed by atoms with Crippen LogP contribution in [-0.4, -0.2) is 22.6 Å². The predicted molar refractivity (Wildman–Crippen MR) is 73.1 cm³/mol. The van der Waals surface area contributed by atoms with E-state index < -0.39 is 0 Å². The van der Waals surface area contributed by atoms with E-state index in [0.717, 1.165) is 13.0 Å². The van der Waals surface area contributed by atoms with E-state index in [2.05, 4.69) is 26.2 Å². The minimum Gasteiger partial charge on any atom is -0.315 e. The lowest BCUT2D eigenvalue weighted by molar-refractivity contribution is 0.508. The van der Waals surface area contributed by atoms with Crippen LogP contribution in [-0.2, 0) is 0 Å². The quantitative estimate of drug-likeness (QED) is 0.825. The number of rotatable bonds is 1. The van der Waals surface area contributed by atoms with Crippen molar-refractivity contribution >= 4 is 26.8 Å². The molecular weight excluding hydrogens is 298 g/mol. The minimum absolute atomic E-state index is 0.0576. The van der Waals surface area contributed by atoms with Crippen LogP contribution in [0.2, 0.25) is 0 Å².